The number of aryl methyl sites for hydroxylation is 1. The highest BCUT2D eigenvalue weighted by molar-refractivity contribution is 7.14. The molecule has 0 saturated heterocycles. The van der Waals surface area contributed by atoms with Crippen molar-refractivity contribution in [1.29, 1.82) is 0 Å². The zero-order chi connectivity index (χ0) is 25.2. The van der Waals surface area contributed by atoms with Gasteiger partial charge in [0.25, 0.3) is 5.91 Å². The molecule has 5 aromatic rings. The van der Waals surface area contributed by atoms with Crippen LogP contribution in [0.1, 0.15) is 22.8 Å². The summed E-state index contributed by atoms with van der Waals surface area (Å²) in [5.41, 5.74) is 5.29. The first-order valence-electron chi connectivity index (χ1n) is 11.2. The van der Waals surface area contributed by atoms with Crippen molar-refractivity contribution in [3.05, 3.63) is 88.3 Å². The monoisotopic (exact) mass is 516 g/mol. The van der Waals surface area contributed by atoms with Crippen LogP contribution < -0.4 is 5.32 Å². The molecule has 3 aromatic carbocycles. The fourth-order valence-corrected chi connectivity index (χ4v) is 4.54. The molecule has 0 aliphatic heterocycles. The smallest absolute Gasteiger partial charge is 0.338 e. The Morgan fingerprint density at radius 1 is 1.06 bits per heavy atom. The van der Waals surface area contributed by atoms with Gasteiger partial charge in [0.1, 0.15) is 5.82 Å². The van der Waals surface area contributed by atoms with Crippen molar-refractivity contribution in [3.63, 3.8) is 0 Å². The summed E-state index contributed by atoms with van der Waals surface area (Å²) in [5, 5.41) is 5.46. The number of amides is 1. The number of rotatable bonds is 6. The van der Waals surface area contributed by atoms with Gasteiger partial charge in [0, 0.05) is 21.5 Å². The number of fused-ring (bicyclic) bond motifs is 1. The van der Waals surface area contributed by atoms with Crippen molar-refractivity contribution < 1.29 is 14.3 Å². The molecule has 7 nitrogen and oxygen atoms in total. The number of nitrogens with one attached hydrogen (secondary N) is 2. The minimum atomic E-state index is -1.02. The Balaban J connectivity index is 1.25. The predicted molar refractivity (Wildman–Crippen MR) is 142 cm³/mol. The maximum absolute atomic E-state index is 12.7. The Labute approximate surface area is 216 Å². The van der Waals surface area contributed by atoms with Crippen molar-refractivity contribution in [2.75, 3.05) is 5.32 Å². The Morgan fingerprint density at radius 2 is 1.83 bits per heavy atom. The summed E-state index contributed by atoms with van der Waals surface area (Å²) in [4.78, 5) is 37.6. The lowest BCUT2D eigenvalue weighted by molar-refractivity contribution is -0.123. The van der Waals surface area contributed by atoms with Gasteiger partial charge in [-0.2, -0.15) is 0 Å². The van der Waals surface area contributed by atoms with Gasteiger partial charge in [-0.25, -0.2) is 14.8 Å². The highest BCUT2D eigenvalue weighted by Gasteiger charge is 2.21. The van der Waals surface area contributed by atoms with Gasteiger partial charge in [-0.05, 0) is 38.1 Å². The molecule has 5 rings (SSSR count). The number of benzene rings is 3. The summed E-state index contributed by atoms with van der Waals surface area (Å²) in [6.45, 7) is 3.54. The fraction of sp³-hybridized carbons (Fsp3) is 0.111. The largest absolute Gasteiger partial charge is 0.449 e. The number of hydrogen-bond donors (Lipinski definition) is 2. The van der Waals surface area contributed by atoms with Crippen molar-refractivity contribution in [3.8, 4) is 22.6 Å². The molecule has 1 amide bonds. The number of imidazole rings is 1. The average Bonchev–Trinajstić information content (AvgIpc) is 3.51. The highest BCUT2D eigenvalue weighted by atomic mass is 35.5. The molecule has 0 saturated carbocycles. The Morgan fingerprint density at radius 3 is 2.61 bits per heavy atom. The summed E-state index contributed by atoms with van der Waals surface area (Å²) >= 11 is 7.49. The number of halogens is 1. The third-order valence-corrected chi connectivity index (χ3v) is 6.67. The van der Waals surface area contributed by atoms with E-state index in [4.69, 9.17) is 16.3 Å². The van der Waals surface area contributed by atoms with E-state index >= 15 is 0 Å². The van der Waals surface area contributed by atoms with Crippen LogP contribution in [0.2, 0.25) is 5.02 Å². The Bertz CT molecular complexity index is 1580. The zero-order valence-electron chi connectivity index (χ0n) is 19.4. The first-order chi connectivity index (χ1) is 17.4. The minimum Gasteiger partial charge on any atom is -0.449 e. The number of carbonyl (C=O) groups is 2. The van der Waals surface area contributed by atoms with Crippen molar-refractivity contribution in [2.45, 2.75) is 20.0 Å². The molecule has 2 heterocycles. The quantitative estimate of drug-likeness (QED) is 0.251. The molecule has 2 aromatic heterocycles. The second-order valence-corrected chi connectivity index (χ2v) is 9.50. The summed E-state index contributed by atoms with van der Waals surface area (Å²) in [6.07, 6.45) is -1.02. The maximum atomic E-state index is 12.7. The molecule has 0 fully saturated rings. The number of H-pyrrole nitrogens is 1. The van der Waals surface area contributed by atoms with E-state index in [9.17, 15) is 9.59 Å². The molecule has 9 heteroatoms. The third-order valence-electron chi connectivity index (χ3n) is 5.58. The molecule has 1 unspecified atom stereocenters. The average molecular weight is 517 g/mol. The van der Waals surface area contributed by atoms with Crippen molar-refractivity contribution in [1.82, 2.24) is 15.0 Å². The van der Waals surface area contributed by atoms with E-state index in [1.807, 2.05) is 49.4 Å². The van der Waals surface area contributed by atoms with Crippen LogP contribution in [0.25, 0.3) is 33.7 Å². The normalized spacial score (nSPS) is 11.9. The summed E-state index contributed by atoms with van der Waals surface area (Å²) < 4.78 is 5.40. The van der Waals surface area contributed by atoms with Crippen LogP contribution in [0.15, 0.2) is 72.1 Å². The van der Waals surface area contributed by atoms with Gasteiger partial charge >= 0.3 is 5.97 Å². The van der Waals surface area contributed by atoms with E-state index in [-0.39, 0.29) is 0 Å². The number of nitrogens with zero attached hydrogens (tertiary/aromatic N) is 2. The number of esters is 1. The SMILES string of the molecule is Cc1ccc(-c2nc3ccc(C(=O)OC(C)C(=O)Nc4nc(-c5ccccc5Cl)cs4)cc3[nH]2)cc1. The number of anilines is 1. The minimum absolute atomic E-state index is 0.316. The molecule has 1 atom stereocenters. The molecular formula is C27H21ClN4O3S. The molecule has 0 bridgehead atoms. The van der Waals surface area contributed by atoms with E-state index < -0.39 is 18.0 Å². The van der Waals surface area contributed by atoms with Gasteiger partial charge in [-0.15, -0.1) is 11.3 Å². The van der Waals surface area contributed by atoms with Crippen LogP contribution in [0.5, 0.6) is 0 Å². The van der Waals surface area contributed by atoms with Gasteiger partial charge in [0.05, 0.1) is 22.3 Å². The van der Waals surface area contributed by atoms with Gasteiger partial charge in [0.15, 0.2) is 11.2 Å². The van der Waals surface area contributed by atoms with Gasteiger partial charge < -0.3 is 9.72 Å². The molecule has 36 heavy (non-hydrogen) atoms. The van der Waals surface area contributed by atoms with E-state index in [0.717, 1.165) is 22.2 Å². The van der Waals surface area contributed by atoms with Crippen LogP contribution in [0.3, 0.4) is 0 Å². The first-order valence-corrected chi connectivity index (χ1v) is 12.4. The van der Waals surface area contributed by atoms with Crippen LogP contribution in [0.4, 0.5) is 5.13 Å². The molecule has 0 aliphatic rings. The van der Waals surface area contributed by atoms with Crippen molar-refractivity contribution >= 4 is 51.0 Å². The Hall–Kier alpha value is -4.01. The zero-order valence-corrected chi connectivity index (χ0v) is 21.0. The number of aromatic amines is 1. The topological polar surface area (TPSA) is 97.0 Å². The summed E-state index contributed by atoms with van der Waals surface area (Å²) in [5.74, 6) is -0.377. The number of thiazole rings is 1. The maximum Gasteiger partial charge on any atom is 0.338 e. The van der Waals surface area contributed by atoms with Gasteiger partial charge in [-0.3, -0.25) is 10.1 Å². The standard InChI is InChI=1S/C27H21ClN4O3S/c1-15-7-9-17(10-8-15)24-29-21-12-11-18(13-22(21)30-24)26(34)35-16(2)25(33)32-27-31-23(14-36-27)19-5-3-4-6-20(19)28/h3-14,16H,1-2H3,(H,29,30)(H,31,32,33). The van der Waals surface area contributed by atoms with Crippen molar-refractivity contribution in [2.24, 2.45) is 0 Å². The lowest BCUT2D eigenvalue weighted by Crippen LogP contribution is -2.29. The molecular weight excluding hydrogens is 496 g/mol. The van der Waals surface area contributed by atoms with Crippen LogP contribution >= 0.6 is 22.9 Å². The molecule has 180 valence electrons. The number of ether oxygens (including phenoxy) is 1. The van der Waals surface area contributed by atoms with E-state index in [0.29, 0.717) is 32.8 Å². The lowest BCUT2D eigenvalue weighted by Gasteiger charge is -2.12. The second kappa shape index (κ2) is 9.93. The van der Waals surface area contributed by atoms with Crippen LogP contribution in [-0.2, 0) is 9.53 Å². The van der Waals surface area contributed by atoms with E-state index in [1.165, 1.54) is 18.3 Å². The van der Waals surface area contributed by atoms with E-state index in [1.54, 1.807) is 29.6 Å². The first kappa shape index (κ1) is 23.7. The fourth-order valence-electron chi connectivity index (χ4n) is 3.60. The van der Waals surface area contributed by atoms with Crippen LogP contribution in [0, 0.1) is 6.92 Å². The number of aromatic nitrogens is 3. The van der Waals surface area contributed by atoms with Gasteiger partial charge in [-0.1, -0.05) is 59.6 Å². The highest BCUT2D eigenvalue weighted by Crippen LogP contribution is 2.30. The Kier molecular flexibility index (Phi) is 6.54. The van der Waals surface area contributed by atoms with Gasteiger partial charge in [0.2, 0.25) is 0 Å². The van der Waals surface area contributed by atoms with E-state index in [2.05, 4.69) is 20.3 Å². The third kappa shape index (κ3) is 5.00. The molecule has 0 spiro atoms. The van der Waals surface area contributed by atoms with Crippen LogP contribution in [-0.4, -0.2) is 32.9 Å². The molecule has 0 radical (unpaired) electrons. The predicted octanol–water partition coefficient (Wildman–Crippen LogP) is 6.50. The second-order valence-electron chi connectivity index (χ2n) is 8.24. The molecule has 2 N–H and O–H groups in total. The lowest BCUT2D eigenvalue weighted by atomic mass is 10.1. The summed E-state index contributed by atoms with van der Waals surface area (Å²) in [6, 6.07) is 20.4. The number of carbonyl (C=O) groups excluding carboxylic acids is 2. The number of hydrogen-bond acceptors (Lipinski definition) is 6. The summed E-state index contributed by atoms with van der Waals surface area (Å²) in [7, 11) is 0. The molecule has 0 aliphatic carbocycles.